The van der Waals surface area contributed by atoms with Gasteiger partial charge in [-0.2, -0.15) is 9.61 Å². The van der Waals surface area contributed by atoms with E-state index in [2.05, 4.69) is 26.0 Å². The number of fused-ring (bicyclic) bond motifs is 2. The zero-order valence-electron chi connectivity index (χ0n) is 14.2. The molecule has 26 heavy (non-hydrogen) atoms. The lowest BCUT2D eigenvalue weighted by molar-refractivity contribution is 0.435. The molecule has 0 aliphatic heterocycles. The first kappa shape index (κ1) is 15.8. The number of halogens is 1. The Balaban J connectivity index is 1.69. The molecule has 0 amide bonds. The number of nitrogens with zero attached hydrogens (tertiary/aromatic N) is 4. The largest absolute Gasteiger partial charge is 0.463 e. The summed E-state index contributed by atoms with van der Waals surface area (Å²) in [5.41, 5.74) is 11.6. The number of hydrogen-bond donors (Lipinski definition) is 1. The zero-order valence-corrected chi connectivity index (χ0v) is 15.7. The van der Waals surface area contributed by atoms with Crippen LogP contribution in [-0.4, -0.2) is 19.6 Å². The van der Waals surface area contributed by atoms with Gasteiger partial charge in [0.1, 0.15) is 11.3 Å². The molecule has 1 aliphatic rings. The van der Waals surface area contributed by atoms with Crippen LogP contribution in [0.2, 0.25) is 0 Å². The molecule has 1 saturated carbocycles. The van der Waals surface area contributed by atoms with Gasteiger partial charge in [-0.1, -0.05) is 19.3 Å². The van der Waals surface area contributed by atoms with Crippen LogP contribution in [0.25, 0.3) is 27.9 Å². The van der Waals surface area contributed by atoms with Crippen molar-refractivity contribution in [3.8, 4) is 11.1 Å². The van der Waals surface area contributed by atoms with Crippen LogP contribution < -0.4 is 5.73 Å². The third kappa shape index (κ3) is 2.41. The minimum Gasteiger partial charge on any atom is -0.463 e. The summed E-state index contributed by atoms with van der Waals surface area (Å²) in [6.07, 6.45) is 11.4. The summed E-state index contributed by atoms with van der Waals surface area (Å²) in [6, 6.07) is 3.82. The number of rotatable bonds is 2. The van der Waals surface area contributed by atoms with Crippen molar-refractivity contribution in [3.63, 3.8) is 0 Å². The van der Waals surface area contributed by atoms with Crippen LogP contribution >= 0.6 is 15.9 Å². The van der Waals surface area contributed by atoms with Crippen LogP contribution in [-0.2, 0) is 0 Å². The molecule has 4 aromatic rings. The average Bonchev–Trinajstić information content (AvgIpc) is 3.31. The second-order valence-electron chi connectivity index (χ2n) is 6.85. The molecule has 0 atom stereocenters. The van der Waals surface area contributed by atoms with E-state index in [-0.39, 0.29) is 0 Å². The van der Waals surface area contributed by atoms with Crippen molar-refractivity contribution < 1.29 is 4.42 Å². The first-order valence-corrected chi connectivity index (χ1v) is 9.68. The third-order valence-electron chi connectivity index (χ3n) is 5.25. The maximum atomic E-state index is 6.37. The van der Waals surface area contributed by atoms with Crippen molar-refractivity contribution in [2.45, 2.75) is 38.0 Å². The SMILES string of the molecule is Nc1c(Br)c(C2CCCCC2)nc2c(-c3cnc4ccoc4c3)cnn12. The van der Waals surface area contributed by atoms with Gasteiger partial charge in [-0.05, 0) is 34.8 Å². The minimum atomic E-state index is 0.443. The van der Waals surface area contributed by atoms with E-state index in [4.69, 9.17) is 15.1 Å². The number of hydrogen-bond acceptors (Lipinski definition) is 5. The fourth-order valence-electron chi connectivity index (χ4n) is 3.86. The van der Waals surface area contributed by atoms with E-state index in [1.165, 1.54) is 19.3 Å². The molecule has 1 fully saturated rings. The number of aromatic nitrogens is 4. The van der Waals surface area contributed by atoms with E-state index >= 15 is 0 Å². The highest BCUT2D eigenvalue weighted by Gasteiger charge is 2.24. The third-order valence-corrected chi connectivity index (χ3v) is 6.07. The molecule has 0 bridgehead atoms. The topological polar surface area (TPSA) is 82.2 Å². The minimum absolute atomic E-state index is 0.443. The standard InChI is InChI=1S/C19H18BrN5O/c20-16-17(11-4-2-1-3-5-11)24-19-13(10-23-25(19)18(16)21)12-8-15-14(22-9-12)6-7-26-15/h6-11H,1-5,21H2. The van der Waals surface area contributed by atoms with Gasteiger partial charge in [-0.15, -0.1) is 0 Å². The Morgan fingerprint density at radius 2 is 2.04 bits per heavy atom. The first-order valence-electron chi connectivity index (χ1n) is 8.88. The molecule has 4 heterocycles. The van der Waals surface area contributed by atoms with Crippen LogP contribution in [0.1, 0.15) is 43.7 Å². The van der Waals surface area contributed by atoms with Gasteiger partial charge >= 0.3 is 0 Å². The number of nitrogens with two attached hydrogens (primary N) is 1. The van der Waals surface area contributed by atoms with Gasteiger partial charge in [0.25, 0.3) is 0 Å². The van der Waals surface area contributed by atoms with Gasteiger partial charge in [-0.25, -0.2) is 4.98 Å². The molecule has 0 aromatic carbocycles. The Bertz CT molecular complexity index is 1110. The molecule has 0 unspecified atom stereocenters. The summed E-state index contributed by atoms with van der Waals surface area (Å²) in [5, 5.41) is 4.45. The van der Waals surface area contributed by atoms with E-state index in [9.17, 15) is 0 Å². The lowest BCUT2D eigenvalue weighted by Gasteiger charge is -2.22. The summed E-state index contributed by atoms with van der Waals surface area (Å²) < 4.78 is 8.05. The van der Waals surface area contributed by atoms with E-state index < -0.39 is 0 Å². The molecular formula is C19H18BrN5O. The van der Waals surface area contributed by atoms with Gasteiger partial charge in [-0.3, -0.25) is 4.98 Å². The lowest BCUT2D eigenvalue weighted by Crippen LogP contribution is -2.11. The quantitative estimate of drug-likeness (QED) is 0.505. The van der Waals surface area contributed by atoms with Crippen molar-refractivity contribution in [2.24, 2.45) is 0 Å². The molecule has 7 heteroatoms. The maximum absolute atomic E-state index is 6.37. The Labute approximate surface area is 158 Å². The van der Waals surface area contributed by atoms with Crippen molar-refractivity contribution in [1.29, 1.82) is 0 Å². The Hall–Kier alpha value is -2.41. The number of furan rings is 1. The van der Waals surface area contributed by atoms with Crippen molar-refractivity contribution in [2.75, 3.05) is 5.73 Å². The molecule has 0 spiro atoms. The number of nitrogen functional groups attached to an aromatic ring is 1. The molecule has 2 N–H and O–H groups in total. The summed E-state index contributed by atoms with van der Waals surface area (Å²) in [7, 11) is 0. The van der Waals surface area contributed by atoms with E-state index in [0.29, 0.717) is 11.7 Å². The predicted molar refractivity (Wildman–Crippen MR) is 104 cm³/mol. The predicted octanol–water partition coefficient (Wildman–Crippen LogP) is 4.93. The molecule has 6 nitrogen and oxygen atoms in total. The van der Waals surface area contributed by atoms with Crippen LogP contribution in [0.4, 0.5) is 5.82 Å². The molecule has 5 rings (SSSR count). The molecular weight excluding hydrogens is 394 g/mol. The zero-order chi connectivity index (χ0) is 17.7. The first-order chi connectivity index (χ1) is 12.7. The smallest absolute Gasteiger partial charge is 0.165 e. The Kier molecular flexibility index (Phi) is 3.70. The van der Waals surface area contributed by atoms with Gasteiger partial charge in [0.15, 0.2) is 11.2 Å². The maximum Gasteiger partial charge on any atom is 0.165 e. The highest BCUT2D eigenvalue weighted by atomic mass is 79.9. The van der Waals surface area contributed by atoms with Crippen LogP contribution in [0.5, 0.6) is 0 Å². The second kappa shape index (κ2) is 6.09. The summed E-state index contributed by atoms with van der Waals surface area (Å²) in [6.45, 7) is 0. The summed E-state index contributed by atoms with van der Waals surface area (Å²) in [4.78, 5) is 9.44. The lowest BCUT2D eigenvalue weighted by atomic mass is 9.87. The van der Waals surface area contributed by atoms with E-state index in [0.717, 1.165) is 50.9 Å². The van der Waals surface area contributed by atoms with Crippen LogP contribution in [0, 0.1) is 0 Å². The number of pyridine rings is 1. The highest BCUT2D eigenvalue weighted by molar-refractivity contribution is 9.10. The fraction of sp³-hybridized carbons (Fsp3) is 0.316. The fourth-order valence-corrected chi connectivity index (χ4v) is 4.44. The van der Waals surface area contributed by atoms with Gasteiger partial charge in [0.05, 0.1) is 22.6 Å². The Morgan fingerprint density at radius 1 is 1.19 bits per heavy atom. The molecule has 132 valence electrons. The van der Waals surface area contributed by atoms with Crippen LogP contribution in [0.15, 0.2) is 39.7 Å². The van der Waals surface area contributed by atoms with Crippen molar-refractivity contribution in [3.05, 3.63) is 41.0 Å². The normalized spacial score (nSPS) is 15.9. The number of anilines is 1. The monoisotopic (exact) mass is 411 g/mol. The van der Waals surface area contributed by atoms with Crippen LogP contribution in [0.3, 0.4) is 0 Å². The van der Waals surface area contributed by atoms with Gasteiger partial charge in [0.2, 0.25) is 0 Å². The molecule has 4 aromatic heterocycles. The summed E-state index contributed by atoms with van der Waals surface area (Å²) in [5.74, 6) is 1.03. The van der Waals surface area contributed by atoms with E-state index in [1.807, 2.05) is 18.3 Å². The average molecular weight is 412 g/mol. The van der Waals surface area contributed by atoms with Crippen molar-refractivity contribution >= 4 is 38.5 Å². The molecule has 0 radical (unpaired) electrons. The second-order valence-corrected chi connectivity index (χ2v) is 7.65. The van der Waals surface area contributed by atoms with Gasteiger partial charge in [0, 0.05) is 29.3 Å². The highest BCUT2D eigenvalue weighted by Crippen LogP contribution is 2.39. The van der Waals surface area contributed by atoms with Gasteiger partial charge < -0.3 is 10.2 Å². The molecule has 1 aliphatic carbocycles. The van der Waals surface area contributed by atoms with E-state index in [1.54, 1.807) is 17.0 Å². The molecule has 0 saturated heterocycles. The summed E-state index contributed by atoms with van der Waals surface area (Å²) >= 11 is 3.65. The van der Waals surface area contributed by atoms with Crippen molar-refractivity contribution in [1.82, 2.24) is 19.6 Å². The Morgan fingerprint density at radius 3 is 2.88 bits per heavy atom.